The Morgan fingerprint density at radius 2 is 2.00 bits per heavy atom. The van der Waals surface area contributed by atoms with Crippen molar-refractivity contribution in [2.24, 2.45) is 0 Å². The lowest BCUT2D eigenvalue weighted by Crippen LogP contribution is -1.57. The summed E-state index contributed by atoms with van der Waals surface area (Å²) < 4.78 is 4.87. The Bertz CT molecular complexity index is 486. The number of aromatic amines is 1. The van der Waals surface area contributed by atoms with Crippen LogP contribution >= 0.6 is 11.6 Å². The van der Waals surface area contributed by atoms with E-state index in [4.69, 9.17) is 16.1 Å². The Labute approximate surface area is 91.7 Å². The molecule has 0 aliphatic rings. The first kappa shape index (κ1) is 9.80. The lowest BCUT2D eigenvalue weighted by Gasteiger charge is -1.78. The molecule has 0 amide bonds. The fourth-order valence-corrected chi connectivity index (χ4v) is 1.25. The highest BCUT2D eigenvalue weighted by atomic mass is 35.5. The molecule has 0 bridgehead atoms. The minimum absolute atomic E-state index is 0.690. The van der Waals surface area contributed by atoms with E-state index in [0.29, 0.717) is 5.15 Å². The van der Waals surface area contributed by atoms with Crippen molar-refractivity contribution in [3.8, 4) is 0 Å². The SMILES string of the molecule is Clc1ccc[nH]1.c1ccc2oncc2c1. The molecular weight excluding hydrogens is 212 g/mol. The zero-order valence-electron chi connectivity index (χ0n) is 7.85. The van der Waals surface area contributed by atoms with Crippen LogP contribution in [-0.4, -0.2) is 10.1 Å². The lowest BCUT2D eigenvalue weighted by molar-refractivity contribution is 0.456. The molecule has 0 atom stereocenters. The fourth-order valence-electron chi connectivity index (χ4n) is 1.12. The van der Waals surface area contributed by atoms with Gasteiger partial charge in [-0.1, -0.05) is 28.9 Å². The number of rotatable bonds is 0. The number of para-hydroxylation sites is 1. The second-order valence-electron chi connectivity index (χ2n) is 2.88. The molecule has 15 heavy (non-hydrogen) atoms. The fraction of sp³-hybridized carbons (Fsp3) is 0. The smallest absolute Gasteiger partial charge is 0.166 e. The summed E-state index contributed by atoms with van der Waals surface area (Å²) in [5.41, 5.74) is 0.845. The van der Waals surface area contributed by atoms with Crippen molar-refractivity contribution in [1.29, 1.82) is 0 Å². The summed E-state index contributed by atoms with van der Waals surface area (Å²) in [4.78, 5) is 2.77. The Balaban J connectivity index is 0.000000124. The average Bonchev–Trinajstić information content (AvgIpc) is 2.88. The van der Waals surface area contributed by atoms with E-state index in [1.165, 1.54) is 0 Å². The van der Waals surface area contributed by atoms with Crippen LogP contribution in [-0.2, 0) is 0 Å². The van der Waals surface area contributed by atoms with Crippen LogP contribution in [0.4, 0.5) is 0 Å². The van der Waals surface area contributed by atoms with Gasteiger partial charge in [0, 0.05) is 11.6 Å². The maximum Gasteiger partial charge on any atom is 0.166 e. The normalized spacial score (nSPS) is 9.67. The van der Waals surface area contributed by atoms with Crippen LogP contribution in [0.3, 0.4) is 0 Å². The highest BCUT2D eigenvalue weighted by molar-refractivity contribution is 6.29. The average molecular weight is 221 g/mol. The van der Waals surface area contributed by atoms with Crippen molar-refractivity contribution in [3.63, 3.8) is 0 Å². The highest BCUT2D eigenvalue weighted by Crippen LogP contribution is 2.10. The molecule has 0 unspecified atom stereocenters. The summed E-state index contributed by atoms with van der Waals surface area (Å²) in [5, 5.41) is 5.37. The Morgan fingerprint density at radius 1 is 1.13 bits per heavy atom. The van der Waals surface area contributed by atoms with Gasteiger partial charge in [-0.15, -0.1) is 0 Å². The molecule has 1 N–H and O–H groups in total. The minimum atomic E-state index is 0.690. The summed E-state index contributed by atoms with van der Waals surface area (Å²) in [6.45, 7) is 0. The molecular formula is C11H9ClN2O. The summed E-state index contributed by atoms with van der Waals surface area (Å²) in [5.74, 6) is 0. The monoisotopic (exact) mass is 220 g/mol. The molecule has 3 aromatic rings. The van der Waals surface area contributed by atoms with Gasteiger partial charge in [0.25, 0.3) is 0 Å². The van der Waals surface area contributed by atoms with Gasteiger partial charge in [-0.25, -0.2) is 0 Å². The van der Waals surface area contributed by atoms with E-state index in [9.17, 15) is 0 Å². The maximum absolute atomic E-state index is 5.40. The van der Waals surface area contributed by atoms with Gasteiger partial charge in [0.1, 0.15) is 5.15 Å². The van der Waals surface area contributed by atoms with Crippen molar-refractivity contribution in [1.82, 2.24) is 10.1 Å². The van der Waals surface area contributed by atoms with Crippen molar-refractivity contribution in [3.05, 3.63) is 53.9 Å². The van der Waals surface area contributed by atoms with Crippen molar-refractivity contribution >= 4 is 22.6 Å². The van der Waals surface area contributed by atoms with Gasteiger partial charge in [-0.05, 0) is 24.3 Å². The van der Waals surface area contributed by atoms with Gasteiger partial charge in [0.2, 0.25) is 0 Å². The molecule has 0 radical (unpaired) electrons. The van der Waals surface area contributed by atoms with Gasteiger partial charge in [0.05, 0.1) is 6.20 Å². The van der Waals surface area contributed by atoms with Crippen LogP contribution in [0.25, 0.3) is 11.0 Å². The van der Waals surface area contributed by atoms with Gasteiger partial charge in [0.15, 0.2) is 5.58 Å². The Hall–Kier alpha value is -1.74. The summed E-state index contributed by atoms with van der Waals surface area (Å²) in [6.07, 6.45) is 3.48. The number of fused-ring (bicyclic) bond motifs is 1. The topological polar surface area (TPSA) is 41.8 Å². The molecule has 2 heterocycles. The number of H-pyrrole nitrogens is 1. The third-order valence-corrected chi connectivity index (χ3v) is 2.06. The number of benzene rings is 1. The van der Waals surface area contributed by atoms with Crippen LogP contribution < -0.4 is 0 Å². The molecule has 0 saturated carbocycles. The van der Waals surface area contributed by atoms with Crippen LogP contribution in [0, 0.1) is 0 Å². The molecule has 0 fully saturated rings. The molecule has 2 aromatic heterocycles. The predicted octanol–water partition coefficient (Wildman–Crippen LogP) is 3.50. The molecule has 1 aromatic carbocycles. The van der Waals surface area contributed by atoms with Gasteiger partial charge < -0.3 is 9.51 Å². The standard InChI is InChI=1S/C7H5NO.C4H4ClN/c1-2-4-7-6(3-1)5-8-9-7;5-4-2-1-3-6-4/h1-5H;1-3,6H. The molecule has 0 aliphatic carbocycles. The van der Waals surface area contributed by atoms with Crippen molar-refractivity contribution < 1.29 is 4.52 Å². The maximum atomic E-state index is 5.40. The molecule has 3 rings (SSSR count). The van der Waals surface area contributed by atoms with E-state index in [2.05, 4.69) is 10.1 Å². The summed E-state index contributed by atoms with van der Waals surface area (Å²) in [6, 6.07) is 11.4. The number of aromatic nitrogens is 2. The van der Waals surface area contributed by atoms with Crippen molar-refractivity contribution in [2.45, 2.75) is 0 Å². The minimum Gasteiger partial charge on any atom is -0.356 e. The highest BCUT2D eigenvalue weighted by Gasteiger charge is 1.91. The van der Waals surface area contributed by atoms with Crippen molar-refractivity contribution in [2.75, 3.05) is 0 Å². The zero-order valence-corrected chi connectivity index (χ0v) is 8.61. The lowest BCUT2D eigenvalue weighted by atomic mass is 10.3. The first-order valence-corrected chi connectivity index (χ1v) is 4.82. The molecule has 0 spiro atoms. The van der Waals surface area contributed by atoms with Crippen LogP contribution in [0.15, 0.2) is 53.3 Å². The third-order valence-electron chi connectivity index (χ3n) is 1.82. The molecule has 76 valence electrons. The number of hydrogen-bond acceptors (Lipinski definition) is 2. The Kier molecular flexibility index (Phi) is 3.05. The first-order chi connectivity index (χ1) is 7.36. The zero-order chi connectivity index (χ0) is 10.5. The van der Waals surface area contributed by atoms with Crippen LogP contribution in [0.2, 0.25) is 5.15 Å². The number of halogens is 1. The molecule has 4 heteroatoms. The van der Waals surface area contributed by atoms with E-state index in [1.807, 2.05) is 30.3 Å². The second-order valence-corrected chi connectivity index (χ2v) is 3.29. The molecule has 3 nitrogen and oxygen atoms in total. The van der Waals surface area contributed by atoms with Crippen LogP contribution in [0.1, 0.15) is 0 Å². The van der Waals surface area contributed by atoms with Gasteiger partial charge in [-0.2, -0.15) is 0 Å². The quantitative estimate of drug-likeness (QED) is 0.630. The van der Waals surface area contributed by atoms with E-state index in [0.717, 1.165) is 11.0 Å². The Morgan fingerprint density at radius 3 is 2.60 bits per heavy atom. The third kappa shape index (κ3) is 2.60. The number of nitrogens with zero attached hydrogens (tertiary/aromatic N) is 1. The van der Waals surface area contributed by atoms with Gasteiger partial charge in [-0.3, -0.25) is 0 Å². The molecule has 0 saturated heterocycles. The van der Waals surface area contributed by atoms with E-state index in [1.54, 1.807) is 18.5 Å². The first-order valence-electron chi connectivity index (χ1n) is 4.44. The van der Waals surface area contributed by atoms with Crippen LogP contribution in [0.5, 0.6) is 0 Å². The number of nitrogens with one attached hydrogen (secondary N) is 1. The summed E-state index contributed by atoms with van der Waals surface area (Å²) in [7, 11) is 0. The second kappa shape index (κ2) is 4.66. The van der Waals surface area contributed by atoms with E-state index < -0.39 is 0 Å². The number of hydrogen-bond donors (Lipinski definition) is 1. The summed E-state index contributed by atoms with van der Waals surface area (Å²) >= 11 is 5.40. The van der Waals surface area contributed by atoms with Gasteiger partial charge >= 0.3 is 0 Å². The predicted molar refractivity (Wildman–Crippen MR) is 59.8 cm³/mol. The van der Waals surface area contributed by atoms with E-state index in [-0.39, 0.29) is 0 Å². The van der Waals surface area contributed by atoms with E-state index >= 15 is 0 Å². The largest absolute Gasteiger partial charge is 0.356 e. The molecule has 0 aliphatic heterocycles.